The van der Waals surface area contributed by atoms with E-state index in [1.165, 1.54) is 6.33 Å². The number of nitrogen functional groups attached to an aromatic ring is 1. The third-order valence-electron chi connectivity index (χ3n) is 3.57. The molecule has 2 aromatic rings. The molecule has 0 saturated carbocycles. The molecule has 1 aliphatic heterocycles. The number of morpholine rings is 1. The summed E-state index contributed by atoms with van der Waals surface area (Å²) in [5, 5.41) is 7.64. The Balaban J connectivity index is 1.60. The SMILES string of the molecule is Cc1cc(N)n(-c2cc(NCCN3CCOCC3)ncn2)n1. The summed E-state index contributed by atoms with van der Waals surface area (Å²) in [5.74, 6) is 2.00. The van der Waals surface area contributed by atoms with Crippen molar-refractivity contribution in [1.82, 2.24) is 24.6 Å². The molecule has 1 aliphatic rings. The Morgan fingerprint density at radius 3 is 2.82 bits per heavy atom. The highest BCUT2D eigenvalue weighted by Crippen LogP contribution is 2.14. The second-order valence-electron chi connectivity index (χ2n) is 5.26. The van der Waals surface area contributed by atoms with E-state index in [1.54, 1.807) is 4.68 Å². The molecule has 0 aliphatic carbocycles. The first kappa shape index (κ1) is 14.7. The van der Waals surface area contributed by atoms with E-state index >= 15 is 0 Å². The van der Waals surface area contributed by atoms with E-state index in [-0.39, 0.29) is 0 Å². The minimum Gasteiger partial charge on any atom is -0.384 e. The third kappa shape index (κ3) is 3.52. The lowest BCUT2D eigenvalue weighted by Gasteiger charge is -2.26. The van der Waals surface area contributed by atoms with Gasteiger partial charge in [-0.2, -0.15) is 9.78 Å². The molecule has 2 aromatic heterocycles. The number of hydrogen-bond acceptors (Lipinski definition) is 7. The minimum absolute atomic E-state index is 0.565. The summed E-state index contributed by atoms with van der Waals surface area (Å²) < 4.78 is 6.95. The molecule has 1 saturated heterocycles. The highest BCUT2D eigenvalue weighted by Gasteiger charge is 2.10. The Morgan fingerprint density at radius 2 is 2.09 bits per heavy atom. The number of aryl methyl sites for hydroxylation is 1. The molecular weight excluding hydrogens is 282 g/mol. The number of aromatic nitrogens is 4. The summed E-state index contributed by atoms with van der Waals surface area (Å²) in [5.41, 5.74) is 6.78. The van der Waals surface area contributed by atoms with Crippen molar-refractivity contribution in [2.75, 3.05) is 50.4 Å². The van der Waals surface area contributed by atoms with Crippen LogP contribution in [-0.2, 0) is 4.74 Å². The van der Waals surface area contributed by atoms with E-state index in [2.05, 4.69) is 25.3 Å². The molecule has 0 atom stereocenters. The van der Waals surface area contributed by atoms with Gasteiger partial charge in [-0.25, -0.2) is 9.97 Å². The van der Waals surface area contributed by atoms with Crippen molar-refractivity contribution in [3.63, 3.8) is 0 Å². The lowest BCUT2D eigenvalue weighted by molar-refractivity contribution is 0.0398. The zero-order valence-electron chi connectivity index (χ0n) is 12.7. The van der Waals surface area contributed by atoms with Gasteiger partial charge >= 0.3 is 0 Å². The van der Waals surface area contributed by atoms with Crippen molar-refractivity contribution < 1.29 is 4.74 Å². The predicted octanol–water partition coefficient (Wildman–Crippen LogP) is 0.297. The second kappa shape index (κ2) is 6.71. The molecule has 22 heavy (non-hydrogen) atoms. The monoisotopic (exact) mass is 303 g/mol. The summed E-state index contributed by atoms with van der Waals surface area (Å²) in [6.07, 6.45) is 1.52. The number of hydrogen-bond donors (Lipinski definition) is 2. The van der Waals surface area contributed by atoms with Gasteiger partial charge < -0.3 is 15.8 Å². The van der Waals surface area contributed by atoms with Crippen LogP contribution in [-0.4, -0.2) is 64.0 Å². The molecule has 0 spiro atoms. The van der Waals surface area contributed by atoms with Crippen molar-refractivity contribution >= 4 is 11.6 Å². The summed E-state index contributed by atoms with van der Waals surface area (Å²) in [7, 11) is 0. The van der Waals surface area contributed by atoms with Gasteiger partial charge in [-0.3, -0.25) is 4.90 Å². The fourth-order valence-electron chi connectivity index (χ4n) is 2.43. The topological polar surface area (TPSA) is 94.1 Å². The van der Waals surface area contributed by atoms with Gasteiger partial charge in [0, 0.05) is 38.3 Å². The zero-order chi connectivity index (χ0) is 15.4. The Labute approximate surface area is 129 Å². The largest absolute Gasteiger partial charge is 0.384 e. The predicted molar refractivity (Wildman–Crippen MR) is 84.1 cm³/mol. The van der Waals surface area contributed by atoms with E-state index in [4.69, 9.17) is 10.5 Å². The maximum Gasteiger partial charge on any atom is 0.161 e. The summed E-state index contributed by atoms with van der Waals surface area (Å²) in [6.45, 7) is 7.29. The van der Waals surface area contributed by atoms with E-state index in [9.17, 15) is 0 Å². The highest BCUT2D eigenvalue weighted by molar-refractivity contribution is 5.45. The second-order valence-corrected chi connectivity index (χ2v) is 5.26. The fourth-order valence-corrected chi connectivity index (χ4v) is 2.43. The van der Waals surface area contributed by atoms with Crippen molar-refractivity contribution in [3.8, 4) is 5.82 Å². The number of nitrogens with one attached hydrogen (secondary N) is 1. The standard InChI is InChI=1S/C14H21N7O/c1-11-8-12(15)21(19-11)14-9-13(17-10-18-14)16-2-3-20-4-6-22-7-5-20/h8-10H,2-7,15H2,1H3,(H,16,17,18). The lowest BCUT2D eigenvalue weighted by atomic mass is 10.4. The zero-order valence-corrected chi connectivity index (χ0v) is 12.7. The highest BCUT2D eigenvalue weighted by atomic mass is 16.5. The molecule has 3 heterocycles. The number of ether oxygens (including phenoxy) is 1. The summed E-state index contributed by atoms with van der Waals surface area (Å²) in [4.78, 5) is 10.8. The van der Waals surface area contributed by atoms with Gasteiger partial charge in [-0.1, -0.05) is 0 Å². The van der Waals surface area contributed by atoms with Crippen molar-refractivity contribution in [1.29, 1.82) is 0 Å². The molecule has 0 bridgehead atoms. The van der Waals surface area contributed by atoms with Crippen LogP contribution in [0.3, 0.4) is 0 Å². The van der Waals surface area contributed by atoms with Gasteiger partial charge in [-0.05, 0) is 6.92 Å². The maximum absolute atomic E-state index is 5.92. The van der Waals surface area contributed by atoms with Crippen LogP contribution >= 0.6 is 0 Å². The van der Waals surface area contributed by atoms with Gasteiger partial charge in [0.2, 0.25) is 0 Å². The van der Waals surface area contributed by atoms with Crippen LogP contribution in [0.5, 0.6) is 0 Å². The molecule has 8 heteroatoms. The molecule has 3 rings (SSSR count). The van der Waals surface area contributed by atoms with E-state index < -0.39 is 0 Å². The molecule has 0 radical (unpaired) electrons. The van der Waals surface area contributed by atoms with Gasteiger partial charge in [-0.15, -0.1) is 0 Å². The first-order chi connectivity index (χ1) is 10.7. The molecule has 3 N–H and O–H groups in total. The molecule has 8 nitrogen and oxygen atoms in total. The van der Waals surface area contributed by atoms with Crippen molar-refractivity contribution in [2.24, 2.45) is 0 Å². The lowest BCUT2D eigenvalue weighted by Crippen LogP contribution is -2.39. The molecule has 0 unspecified atom stereocenters. The fraction of sp³-hybridized carbons (Fsp3) is 0.500. The summed E-state index contributed by atoms with van der Waals surface area (Å²) in [6, 6.07) is 3.66. The smallest absolute Gasteiger partial charge is 0.161 e. The van der Waals surface area contributed by atoms with Crippen molar-refractivity contribution in [3.05, 3.63) is 24.2 Å². The molecule has 1 fully saturated rings. The van der Waals surface area contributed by atoms with E-state index in [1.807, 2.05) is 19.1 Å². The van der Waals surface area contributed by atoms with Gasteiger partial charge in [0.05, 0.1) is 18.9 Å². The minimum atomic E-state index is 0.565. The molecule has 0 aromatic carbocycles. The Hall–Kier alpha value is -2.19. The number of nitrogens with zero attached hydrogens (tertiary/aromatic N) is 5. The van der Waals surface area contributed by atoms with Crippen LogP contribution in [0.2, 0.25) is 0 Å². The van der Waals surface area contributed by atoms with Gasteiger partial charge in [0.1, 0.15) is 18.0 Å². The number of rotatable bonds is 5. The number of nitrogens with two attached hydrogens (primary N) is 1. The molecular formula is C14H21N7O. The van der Waals surface area contributed by atoms with Gasteiger partial charge in [0.15, 0.2) is 5.82 Å². The quantitative estimate of drug-likeness (QED) is 0.820. The molecule has 0 amide bonds. The Morgan fingerprint density at radius 1 is 1.27 bits per heavy atom. The average molecular weight is 303 g/mol. The first-order valence-electron chi connectivity index (χ1n) is 7.41. The van der Waals surface area contributed by atoms with Crippen LogP contribution in [0.15, 0.2) is 18.5 Å². The van der Waals surface area contributed by atoms with Crippen LogP contribution in [0.4, 0.5) is 11.6 Å². The number of anilines is 2. The van der Waals surface area contributed by atoms with Crippen LogP contribution in [0.25, 0.3) is 5.82 Å². The van der Waals surface area contributed by atoms with Crippen molar-refractivity contribution in [2.45, 2.75) is 6.92 Å². The molecule has 118 valence electrons. The normalized spacial score (nSPS) is 15.9. The van der Waals surface area contributed by atoms with Crippen LogP contribution in [0.1, 0.15) is 5.69 Å². The van der Waals surface area contributed by atoms with Gasteiger partial charge in [0.25, 0.3) is 0 Å². The first-order valence-corrected chi connectivity index (χ1v) is 7.41. The van der Waals surface area contributed by atoms with Crippen LogP contribution in [0, 0.1) is 6.92 Å². The Bertz CT molecular complexity index is 621. The van der Waals surface area contributed by atoms with E-state index in [0.717, 1.165) is 50.9 Å². The summed E-state index contributed by atoms with van der Waals surface area (Å²) >= 11 is 0. The van der Waals surface area contributed by atoms with E-state index in [0.29, 0.717) is 11.6 Å². The maximum atomic E-state index is 5.92. The average Bonchev–Trinajstić information content (AvgIpc) is 2.87. The Kier molecular flexibility index (Phi) is 4.50. The van der Waals surface area contributed by atoms with Crippen LogP contribution < -0.4 is 11.1 Å². The third-order valence-corrected chi connectivity index (χ3v) is 3.57.